The van der Waals surface area contributed by atoms with Crippen LogP contribution in [0.5, 0.6) is 0 Å². The largest absolute Gasteiger partial charge is 2.00 e. The summed E-state index contributed by atoms with van der Waals surface area (Å²) in [5.74, 6) is 0. The Hall–Kier alpha value is 2.75. The molecule has 1 nitrogen and oxygen atoms in total. The quantitative estimate of drug-likeness (QED) is 0.435. The van der Waals surface area contributed by atoms with Crippen molar-refractivity contribution in [1.29, 1.82) is 0 Å². The van der Waals surface area contributed by atoms with E-state index in [2.05, 4.69) is 0 Å². The molecule has 0 aromatic heterocycles. The molecule has 2 N–H and O–H groups in total. The fraction of sp³-hybridized carbons (Fsp3) is 0. The summed E-state index contributed by atoms with van der Waals surface area (Å²) in [7, 11) is 0. The molecule has 0 bridgehead atoms. The Balaban J connectivity index is 0. The SMILES string of the molecule is O.[AlH3].[Ba+2].[H-].[H-].[W]. The molecule has 0 aromatic rings. The first kappa shape index (κ1) is 29.5. The van der Waals surface area contributed by atoms with Gasteiger partial charge in [0.25, 0.3) is 0 Å². The summed E-state index contributed by atoms with van der Waals surface area (Å²) in [6.07, 6.45) is 0. The maximum Gasteiger partial charge on any atom is 2.00 e. The predicted octanol–water partition coefficient (Wildman–Crippen LogP) is -2.17. The first-order valence-corrected chi connectivity index (χ1v) is 0. The molecule has 0 rings (SSSR count). The zero-order valence-electron chi connectivity index (χ0n) is 3.62. The third kappa shape index (κ3) is 8.83. The Morgan fingerprint density at radius 1 is 1.25 bits per heavy atom. The van der Waals surface area contributed by atoms with Crippen LogP contribution in [0, 0.1) is 0 Å². The van der Waals surface area contributed by atoms with Crippen molar-refractivity contribution >= 4 is 66.2 Å². The zero-order valence-corrected chi connectivity index (χ0v) is 8.99. The van der Waals surface area contributed by atoms with Gasteiger partial charge in [-0.25, -0.2) is 0 Å². The van der Waals surface area contributed by atoms with Crippen molar-refractivity contribution in [3.8, 4) is 0 Å². The maximum absolute atomic E-state index is 0. The minimum atomic E-state index is 0. The van der Waals surface area contributed by atoms with Crippen molar-refractivity contribution in [3.05, 3.63) is 0 Å². The molecule has 0 fully saturated rings. The monoisotopic (exact) mass is 372 g/mol. The van der Waals surface area contributed by atoms with Gasteiger partial charge in [-0.1, -0.05) is 0 Å². The van der Waals surface area contributed by atoms with E-state index in [0.717, 1.165) is 0 Å². The van der Waals surface area contributed by atoms with Gasteiger partial charge in [-0.15, -0.1) is 0 Å². The van der Waals surface area contributed by atoms with E-state index in [4.69, 9.17) is 0 Å². The van der Waals surface area contributed by atoms with Crippen molar-refractivity contribution in [2.24, 2.45) is 0 Å². The van der Waals surface area contributed by atoms with Gasteiger partial charge in [0.2, 0.25) is 0 Å². The van der Waals surface area contributed by atoms with Crippen molar-refractivity contribution in [1.82, 2.24) is 0 Å². The van der Waals surface area contributed by atoms with Crippen LogP contribution in [0.2, 0.25) is 0 Å². The van der Waals surface area contributed by atoms with Gasteiger partial charge >= 0.3 is 48.9 Å². The average Bonchev–Trinajstić information content (AvgIpc) is 0. The molecule has 0 aliphatic heterocycles. The predicted molar refractivity (Wildman–Crippen MR) is 21.5 cm³/mol. The molecule has 0 amide bonds. The Bertz CT molecular complexity index is 13.5. The maximum atomic E-state index is 0. The first-order valence-electron chi connectivity index (χ1n) is 0. The Morgan fingerprint density at radius 2 is 1.25 bits per heavy atom. The van der Waals surface area contributed by atoms with Gasteiger partial charge < -0.3 is 8.33 Å². The van der Waals surface area contributed by atoms with E-state index in [0.29, 0.717) is 0 Å². The van der Waals surface area contributed by atoms with Crippen molar-refractivity contribution in [3.63, 3.8) is 0 Å². The van der Waals surface area contributed by atoms with E-state index in [1.54, 1.807) is 0 Å². The van der Waals surface area contributed by atoms with Gasteiger partial charge in [-0.2, -0.15) is 0 Å². The van der Waals surface area contributed by atoms with Crippen LogP contribution in [0.15, 0.2) is 0 Å². The second kappa shape index (κ2) is 17.1. The minimum absolute atomic E-state index is 0. The van der Waals surface area contributed by atoms with Gasteiger partial charge in [-0.05, 0) is 0 Å². The molecule has 0 heterocycles. The molecule has 0 aromatic carbocycles. The normalized spacial score (nSPS) is 0. The van der Waals surface area contributed by atoms with Gasteiger partial charge in [0.15, 0.2) is 17.4 Å². The van der Waals surface area contributed by atoms with E-state index < -0.39 is 0 Å². The van der Waals surface area contributed by atoms with Crippen LogP contribution in [0.25, 0.3) is 0 Å². The molecular weight excluding hydrogens is 364 g/mol. The van der Waals surface area contributed by atoms with Crippen molar-refractivity contribution in [2.75, 3.05) is 0 Å². The average molecular weight is 371 g/mol. The molecular formula is H7AlBaOW. The number of hydrogen-bond donors (Lipinski definition) is 0. The van der Waals surface area contributed by atoms with E-state index in [9.17, 15) is 0 Å². The summed E-state index contributed by atoms with van der Waals surface area (Å²) >= 11 is 0. The Kier molecular flexibility index (Phi) is 126. The van der Waals surface area contributed by atoms with Crippen LogP contribution in [0.4, 0.5) is 0 Å². The van der Waals surface area contributed by atoms with Crippen LogP contribution in [0.1, 0.15) is 2.85 Å². The Morgan fingerprint density at radius 3 is 1.25 bits per heavy atom. The second-order valence-corrected chi connectivity index (χ2v) is 0. The molecule has 0 spiro atoms. The van der Waals surface area contributed by atoms with Crippen LogP contribution < -0.4 is 0 Å². The fourth-order valence-corrected chi connectivity index (χ4v) is 0. The van der Waals surface area contributed by atoms with Gasteiger partial charge in [0.1, 0.15) is 0 Å². The minimum Gasteiger partial charge on any atom is -1.00 e. The first-order chi connectivity index (χ1) is 0. The standard InChI is InChI=1S/Al.Ba.H2O.W.5H/h;;1H2;;;;;;/q;+2;;;;;;2*-1. The molecule has 0 atom stereocenters. The zero-order chi connectivity index (χ0) is 0. The van der Waals surface area contributed by atoms with Crippen molar-refractivity contribution in [2.45, 2.75) is 0 Å². The molecule has 0 unspecified atom stereocenters. The summed E-state index contributed by atoms with van der Waals surface area (Å²) in [5.41, 5.74) is 0. The molecule has 4 heteroatoms. The van der Waals surface area contributed by atoms with Gasteiger partial charge in [-0.3, -0.25) is 0 Å². The van der Waals surface area contributed by atoms with E-state index >= 15 is 0 Å². The smallest absolute Gasteiger partial charge is 1.00 e. The van der Waals surface area contributed by atoms with E-state index in [1.807, 2.05) is 0 Å². The third-order valence-corrected chi connectivity index (χ3v) is 0. The van der Waals surface area contributed by atoms with Crippen LogP contribution in [-0.4, -0.2) is 71.7 Å². The van der Waals surface area contributed by atoms with Crippen LogP contribution in [-0.2, 0) is 21.1 Å². The molecule has 0 aliphatic carbocycles. The molecule has 0 saturated carbocycles. The molecule has 0 aliphatic rings. The number of rotatable bonds is 0. The number of hydrogen-bond acceptors (Lipinski definition) is 0. The molecule has 24 valence electrons. The molecule has 4 heavy (non-hydrogen) atoms. The van der Waals surface area contributed by atoms with E-state index in [-0.39, 0.29) is 95.6 Å². The van der Waals surface area contributed by atoms with Crippen molar-refractivity contribution < 1.29 is 29.4 Å². The summed E-state index contributed by atoms with van der Waals surface area (Å²) in [4.78, 5) is 0. The summed E-state index contributed by atoms with van der Waals surface area (Å²) < 4.78 is 0. The summed E-state index contributed by atoms with van der Waals surface area (Å²) in [6.45, 7) is 0. The van der Waals surface area contributed by atoms with Gasteiger partial charge in [0.05, 0.1) is 0 Å². The topological polar surface area (TPSA) is 31.5 Å². The third-order valence-electron chi connectivity index (χ3n) is 0. The fourth-order valence-electron chi connectivity index (χ4n) is 0. The second-order valence-electron chi connectivity index (χ2n) is 0. The summed E-state index contributed by atoms with van der Waals surface area (Å²) in [5, 5.41) is 0. The molecule has 0 radical (unpaired) electrons. The molecule has 0 saturated heterocycles. The Labute approximate surface area is 93.7 Å². The van der Waals surface area contributed by atoms with Crippen LogP contribution >= 0.6 is 0 Å². The summed E-state index contributed by atoms with van der Waals surface area (Å²) in [6, 6.07) is 0. The van der Waals surface area contributed by atoms with E-state index in [1.165, 1.54) is 0 Å². The van der Waals surface area contributed by atoms with Gasteiger partial charge in [0, 0.05) is 21.1 Å². The van der Waals surface area contributed by atoms with Crippen LogP contribution in [0.3, 0.4) is 0 Å².